The first-order chi connectivity index (χ1) is 12.2. The highest BCUT2D eigenvalue weighted by Crippen LogP contribution is 2.47. The Kier molecular flexibility index (Phi) is 4.86. The summed E-state index contributed by atoms with van der Waals surface area (Å²) in [5.41, 5.74) is 0.360. The molecule has 2 fully saturated rings. The first kappa shape index (κ1) is 18.5. The lowest BCUT2D eigenvalue weighted by Crippen LogP contribution is -2.47. The van der Waals surface area contributed by atoms with Gasteiger partial charge in [-0.25, -0.2) is 4.79 Å². The van der Waals surface area contributed by atoms with E-state index in [1.165, 1.54) is 0 Å². The lowest BCUT2D eigenvalue weighted by atomic mass is 9.68. The molecule has 3 rings (SSSR count). The number of benzene rings is 1. The highest BCUT2D eigenvalue weighted by Gasteiger charge is 2.50. The average molecular weight is 360 g/mol. The van der Waals surface area contributed by atoms with E-state index >= 15 is 0 Å². The summed E-state index contributed by atoms with van der Waals surface area (Å²) in [5, 5.41) is 3.03. The molecule has 0 aromatic heterocycles. The number of hydrogen-bond donors (Lipinski definition) is 1. The van der Waals surface area contributed by atoms with Crippen molar-refractivity contribution in [3.8, 4) is 5.75 Å². The van der Waals surface area contributed by atoms with Crippen molar-refractivity contribution in [2.45, 2.75) is 45.1 Å². The number of nitrogens with one attached hydrogen (secondary N) is 1. The van der Waals surface area contributed by atoms with Gasteiger partial charge in [0.25, 0.3) is 0 Å². The van der Waals surface area contributed by atoms with Gasteiger partial charge in [-0.1, -0.05) is 12.1 Å². The summed E-state index contributed by atoms with van der Waals surface area (Å²) in [6.07, 6.45) is 1.29. The van der Waals surface area contributed by atoms with Crippen LogP contribution in [0.5, 0.6) is 5.75 Å². The summed E-state index contributed by atoms with van der Waals surface area (Å²) < 4.78 is 10.7. The molecule has 0 radical (unpaired) electrons. The molecule has 2 amide bonds. The predicted octanol–water partition coefficient (Wildman–Crippen LogP) is 2.93. The summed E-state index contributed by atoms with van der Waals surface area (Å²) in [6, 6.07) is 7.72. The molecule has 0 bridgehead atoms. The predicted molar refractivity (Wildman–Crippen MR) is 98.2 cm³/mol. The topological polar surface area (TPSA) is 67.9 Å². The van der Waals surface area contributed by atoms with Crippen LogP contribution < -0.4 is 10.1 Å². The number of ether oxygens (including phenoxy) is 2. The van der Waals surface area contributed by atoms with E-state index in [0.717, 1.165) is 24.2 Å². The van der Waals surface area contributed by atoms with Crippen molar-refractivity contribution >= 4 is 12.0 Å². The molecule has 142 valence electrons. The van der Waals surface area contributed by atoms with Gasteiger partial charge in [-0.15, -0.1) is 0 Å². The van der Waals surface area contributed by atoms with Gasteiger partial charge < -0.3 is 19.7 Å². The van der Waals surface area contributed by atoms with Crippen molar-refractivity contribution in [3.05, 3.63) is 29.8 Å². The summed E-state index contributed by atoms with van der Waals surface area (Å²) >= 11 is 0. The van der Waals surface area contributed by atoms with Crippen molar-refractivity contribution in [2.75, 3.05) is 26.7 Å². The van der Waals surface area contributed by atoms with E-state index in [1.807, 2.05) is 45.0 Å². The highest BCUT2D eigenvalue weighted by molar-refractivity contribution is 5.87. The standard InChI is InChI=1S/C20H28N2O4/c1-19(2,3)26-18(24)22-11-9-20(10-12-22)13-21-17(23)16(20)14-5-7-15(25-4)8-6-14/h5-8,16H,9-13H2,1-4H3,(H,21,23)/t16-/m1/s1. The second kappa shape index (κ2) is 6.82. The Balaban J connectivity index is 1.73. The summed E-state index contributed by atoms with van der Waals surface area (Å²) in [7, 11) is 1.63. The summed E-state index contributed by atoms with van der Waals surface area (Å²) in [6.45, 7) is 7.48. The number of likely N-dealkylation sites (tertiary alicyclic amines) is 1. The van der Waals surface area contributed by atoms with E-state index in [1.54, 1.807) is 12.0 Å². The zero-order valence-electron chi connectivity index (χ0n) is 16.0. The number of nitrogens with zero attached hydrogens (tertiary/aromatic N) is 1. The van der Waals surface area contributed by atoms with Crippen LogP contribution >= 0.6 is 0 Å². The molecule has 2 aliphatic heterocycles. The normalized spacial score (nSPS) is 22.2. The van der Waals surface area contributed by atoms with Gasteiger partial charge in [0, 0.05) is 25.0 Å². The molecule has 0 unspecified atom stereocenters. The van der Waals surface area contributed by atoms with Gasteiger partial charge in [-0.05, 0) is 51.3 Å². The molecule has 1 aromatic carbocycles. The number of carbonyl (C=O) groups is 2. The van der Waals surface area contributed by atoms with Gasteiger partial charge in [0.05, 0.1) is 13.0 Å². The van der Waals surface area contributed by atoms with Crippen LogP contribution in [0.2, 0.25) is 0 Å². The molecule has 1 spiro atoms. The molecule has 2 heterocycles. The first-order valence-electron chi connectivity index (χ1n) is 9.14. The van der Waals surface area contributed by atoms with Gasteiger partial charge in [0.15, 0.2) is 0 Å². The van der Waals surface area contributed by atoms with Crippen molar-refractivity contribution in [1.29, 1.82) is 0 Å². The number of carbonyl (C=O) groups excluding carboxylic acids is 2. The molecule has 26 heavy (non-hydrogen) atoms. The maximum Gasteiger partial charge on any atom is 0.410 e. The fourth-order valence-corrected chi connectivity index (χ4v) is 3.97. The van der Waals surface area contributed by atoms with E-state index in [0.29, 0.717) is 19.6 Å². The van der Waals surface area contributed by atoms with E-state index < -0.39 is 5.60 Å². The molecular formula is C20H28N2O4. The summed E-state index contributed by atoms with van der Waals surface area (Å²) in [4.78, 5) is 26.6. The van der Waals surface area contributed by atoms with Crippen LogP contribution in [0.3, 0.4) is 0 Å². The molecule has 6 nitrogen and oxygen atoms in total. The number of methoxy groups -OCH3 is 1. The summed E-state index contributed by atoms with van der Waals surface area (Å²) in [5.74, 6) is 0.663. The SMILES string of the molecule is COc1ccc([C@@H]2C(=O)NCC23CCN(C(=O)OC(C)(C)C)CC3)cc1. The molecular weight excluding hydrogens is 332 g/mol. The maximum atomic E-state index is 12.6. The minimum Gasteiger partial charge on any atom is -0.497 e. The molecule has 2 aliphatic rings. The third-order valence-corrected chi connectivity index (χ3v) is 5.35. The van der Waals surface area contributed by atoms with Gasteiger partial charge >= 0.3 is 6.09 Å². The molecule has 0 saturated carbocycles. The van der Waals surface area contributed by atoms with Crippen molar-refractivity contribution < 1.29 is 19.1 Å². The second-order valence-corrected chi connectivity index (χ2v) is 8.25. The number of rotatable bonds is 2. The van der Waals surface area contributed by atoms with Crippen LogP contribution in [-0.4, -0.2) is 49.2 Å². The number of hydrogen-bond acceptors (Lipinski definition) is 4. The van der Waals surface area contributed by atoms with Gasteiger partial charge in [-0.3, -0.25) is 4.79 Å². The molecule has 2 saturated heterocycles. The second-order valence-electron chi connectivity index (χ2n) is 8.25. The third kappa shape index (κ3) is 3.64. The van der Waals surface area contributed by atoms with Crippen LogP contribution in [0.4, 0.5) is 4.79 Å². The van der Waals surface area contributed by atoms with E-state index in [4.69, 9.17) is 9.47 Å². The van der Waals surface area contributed by atoms with Gasteiger partial charge in [0.1, 0.15) is 11.4 Å². The van der Waals surface area contributed by atoms with Crippen LogP contribution in [0.1, 0.15) is 45.1 Å². The fourth-order valence-electron chi connectivity index (χ4n) is 3.97. The van der Waals surface area contributed by atoms with Crippen LogP contribution in [0.25, 0.3) is 0 Å². The smallest absolute Gasteiger partial charge is 0.410 e. The minimum atomic E-state index is -0.497. The van der Waals surface area contributed by atoms with E-state index in [2.05, 4.69) is 5.32 Å². The Hall–Kier alpha value is -2.24. The zero-order valence-corrected chi connectivity index (χ0v) is 16.0. The quantitative estimate of drug-likeness (QED) is 0.880. The largest absolute Gasteiger partial charge is 0.497 e. The van der Waals surface area contributed by atoms with Gasteiger partial charge in [0.2, 0.25) is 5.91 Å². The lowest BCUT2D eigenvalue weighted by Gasteiger charge is -2.41. The number of amides is 2. The molecule has 1 atom stereocenters. The van der Waals surface area contributed by atoms with Crippen LogP contribution in [0.15, 0.2) is 24.3 Å². The molecule has 1 aromatic rings. The Morgan fingerprint density at radius 2 is 1.81 bits per heavy atom. The van der Waals surface area contributed by atoms with Gasteiger partial charge in [-0.2, -0.15) is 0 Å². The molecule has 0 aliphatic carbocycles. The van der Waals surface area contributed by atoms with E-state index in [-0.39, 0.29) is 23.3 Å². The minimum absolute atomic E-state index is 0.0703. The van der Waals surface area contributed by atoms with Crippen LogP contribution in [-0.2, 0) is 9.53 Å². The fraction of sp³-hybridized carbons (Fsp3) is 0.600. The molecule has 1 N–H and O–H groups in total. The monoisotopic (exact) mass is 360 g/mol. The number of piperidine rings is 1. The Morgan fingerprint density at radius 1 is 1.19 bits per heavy atom. The molecule has 6 heteroatoms. The van der Waals surface area contributed by atoms with Crippen LogP contribution in [0, 0.1) is 5.41 Å². The Labute approximate surface area is 154 Å². The van der Waals surface area contributed by atoms with Crippen molar-refractivity contribution in [3.63, 3.8) is 0 Å². The Morgan fingerprint density at radius 3 is 2.35 bits per heavy atom. The third-order valence-electron chi connectivity index (χ3n) is 5.35. The Bertz CT molecular complexity index is 670. The lowest BCUT2D eigenvalue weighted by molar-refractivity contribution is -0.121. The average Bonchev–Trinajstić information content (AvgIpc) is 2.90. The van der Waals surface area contributed by atoms with Crippen molar-refractivity contribution in [1.82, 2.24) is 10.2 Å². The highest BCUT2D eigenvalue weighted by atomic mass is 16.6. The first-order valence-corrected chi connectivity index (χ1v) is 9.14. The van der Waals surface area contributed by atoms with E-state index in [9.17, 15) is 9.59 Å². The zero-order chi connectivity index (χ0) is 18.9. The maximum absolute atomic E-state index is 12.6. The van der Waals surface area contributed by atoms with Crippen molar-refractivity contribution in [2.24, 2.45) is 5.41 Å².